The zero-order valence-electron chi connectivity index (χ0n) is 12.8. The maximum absolute atomic E-state index is 12.2. The first-order chi connectivity index (χ1) is 11.0. The Bertz CT molecular complexity index is 481. The monoisotopic (exact) mass is 343 g/mol. The number of carbonyl (C=O) groups excluding carboxylic acids is 4. The van der Waals surface area contributed by atoms with Crippen molar-refractivity contribution in [3.63, 3.8) is 0 Å². The average Bonchev–Trinajstić information content (AvgIpc) is 2.87. The number of nitrogens with zero attached hydrogens (tertiary/aromatic N) is 2. The van der Waals surface area contributed by atoms with Gasteiger partial charge >= 0.3 is 11.8 Å². The summed E-state index contributed by atoms with van der Waals surface area (Å²) in [6.07, 6.45) is 3.07. The molecule has 0 radical (unpaired) electrons. The van der Waals surface area contributed by atoms with E-state index < -0.39 is 11.8 Å². The summed E-state index contributed by atoms with van der Waals surface area (Å²) in [7, 11) is 0. The summed E-state index contributed by atoms with van der Waals surface area (Å²) in [6.45, 7) is 0.619. The Labute approximate surface area is 138 Å². The van der Waals surface area contributed by atoms with Crippen LogP contribution in [0.25, 0.3) is 0 Å². The van der Waals surface area contributed by atoms with Gasteiger partial charge in [0, 0.05) is 32.3 Å². The molecule has 2 saturated heterocycles. The van der Waals surface area contributed by atoms with E-state index in [4.69, 9.17) is 5.11 Å². The number of rotatable bonds is 5. The van der Waals surface area contributed by atoms with Crippen LogP contribution in [0.2, 0.25) is 0 Å². The third-order valence-electron chi connectivity index (χ3n) is 4.01. The second-order valence-electron chi connectivity index (χ2n) is 5.52. The van der Waals surface area contributed by atoms with Gasteiger partial charge in [-0.05, 0) is 25.7 Å². The summed E-state index contributed by atoms with van der Waals surface area (Å²) in [6, 6.07) is -0.106. The van der Waals surface area contributed by atoms with E-state index >= 15 is 0 Å². The number of hydrogen-bond acceptors (Lipinski definition) is 6. The lowest BCUT2D eigenvalue weighted by Crippen LogP contribution is -2.51. The Hall–Kier alpha value is -1.61. The van der Waals surface area contributed by atoms with Gasteiger partial charge in [0.15, 0.2) is 0 Å². The van der Waals surface area contributed by atoms with Gasteiger partial charge in [-0.25, -0.2) is 0 Å². The van der Waals surface area contributed by atoms with Gasteiger partial charge in [-0.1, -0.05) is 11.8 Å². The standard InChI is InChI=1S/C14H21N3O5S/c18-8-4-10-3-1-2-6-16(10)13(21)12(20)15-5-7-17-11(19)9-23-14(17)22/h10,18H,1-9H2,(H,15,20). The fourth-order valence-corrected chi connectivity index (χ4v) is 3.55. The Kier molecular flexibility index (Phi) is 6.40. The molecule has 2 rings (SSSR count). The van der Waals surface area contributed by atoms with Gasteiger partial charge in [-0.2, -0.15) is 0 Å². The molecule has 0 bridgehead atoms. The molecule has 1 atom stereocenters. The molecule has 2 N–H and O–H groups in total. The number of aliphatic hydroxyl groups excluding tert-OH is 1. The molecule has 2 aliphatic heterocycles. The molecule has 2 fully saturated rings. The van der Waals surface area contributed by atoms with E-state index in [2.05, 4.69) is 5.32 Å². The summed E-state index contributed by atoms with van der Waals surface area (Å²) < 4.78 is 0. The Balaban J connectivity index is 1.81. The lowest BCUT2D eigenvalue weighted by molar-refractivity contribution is -0.148. The summed E-state index contributed by atoms with van der Waals surface area (Å²) in [4.78, 5) is 49.6. The highest BCUT2D eigenvalue weighted by molar-refractivity contribution is 8.14. The normalized spacial score (nSPS) is 21.7. The van der Waals surface area contributed by atoms with Gasteiger partial charge in [0.2, 0.25) is 5.91 Å². The number of amides is 4. The van der Waals surface area contributed by atoms with Crippen molar-refractivity contribution in [2.24, 2.45) is 0 Å². The highest BCUT2D eigenvalue weighted by Gasteiger charge is 2.32. The number of carbonyl (C=O) groups is 4. The number of piperidine rings is 1. The van der Waals surface area contributed by atoms with Gasteiger partial charge < -0.3 is 15.3 Å². The van der Waals surface area contributed by atoms with Crippen LogP contribution in [0.5, 0.6) is 0 Å². The second-order valence-corrected chi connectivity index (χ2v) is 6.44. The van der Waals surface area contributed by atoms with Crippen molar-refractivity contribution in [2.75, 3.05) is 32.0 Å². The molecule has 4 amide bonds. The van der Waals surface area contributed by atoms with E-state index in [9.17, 15) is 19.2 Å². The Morgan fingerprint density at radius 3 is 2.74 bits per heavy atom. The smallest absolute Gasteiger partial charge is 0.312 e. The second kappa shape index (κ2) is 8.30. The lowest BCUT2D eigenvalue weighted by Gasteiger charge is -2.35. The van der Waals surface area contributed by atoms with E-state index in [-0.39, 0.29) is 42.6 Å². The van der Waals surface area contributed by atoms with Crippen LogP contribution in [0.3, 0.4) is 0 Å². The zero-order valence-corrected chi connectivity index (χ0v) is 13.6. The summed E-state index contributed by atoms with van der Waals surface area (Å²) >= 11 is 0.933. The lowest BCUT2D eigenvalue weighted by atomic mass is 9.99. The molecule has 0 saturated carbocycles. The molecule has 0 spiro atoms. The first-order valence-corrected chi connectivity index (χ1v) is 8.70. The maximum atomic E-state index is 12.2. The number of imide groups is 1. The molecule has 9 heteroatoms. The first kappa shape index (κ1) is 17.7. The van der Waals surface area contributed by atoms with E-state index in [1.807, 2.05) is 0 Å². The van der Waals surface area contributed by atoms with Crippen molar-refractivity contribution in [3.8, 4) is 0 Å². The summed E-state index contributed by atoms with van der Waals surface area (Å²) in [5.74, 6) is -1.50. The topological polar surface area (TPSA) is 107 Å². The number of hydrogen-bond donors (Lipinski definition) is 2. The largest absolute Gasteiger partial charge is 0.396 e. The fraction of sp³-hybridized carbons (Fsp3) is 0.714. The fourth-order valence-electron chi connectivity index (χ4n) is 2.80. The SMILES string of the molecule is O=C(NCCN1C(=O)CSC1=O)C(=O)N1CCCCC1CCO. The molecule has 2 heterocycles. The van der Waals surface area contributed by atoms with Gasteiger partial charge in [0.25, 0.3) is 5.24 Å². The predicted octanol–water partition coefficient (Wildman–Crippen LogP) is -0.438. The van der Waals surface area contributed by atoms with Crippen LogP contribution in [0.4, 0.5) is 4.79 Å². The van der Waals surface area contributed by atoms with Crippen molar-refractivity contribution in [1.29, 1.82) is 0 Å². The summed E-state index contributed by atoms with van der Waals surface area (Å²) in [5, 5.41) is 11.2. The van der Waals surface area contributed by atoms with Crippen LogP contribution >= 0.6 is 11.8 Å². The van der Waals surface area contributed by atoms with Gasteiger partial charge in [0.1, 0.15) is 0 Å². The highest BCUT2D eigenvalue weighted by atomic mass is 32.2. The third-order valence-corrected chi connectivity index (χ3v) is 4.86. The minimum Gasteiger partial charge on any atom is -0.396 e. The number of nitrogens with one attached hydrogen (secondary N) is 1. The van der Waals surface area contributed by atoms with E-state index in [0.29, 0.717) is 13.0 Å². The molecule has 23 heavy (non-hydrogen) atoms. The molecule has 1 unspecified atom stereocenters. The Morgan fingerprint density at radius 2 is 2.09 bits per heavy atom. The average molecular weight is 343 g/mol. The zero-order chi connectivity index (χ0) is 16.8. The van der Waals surface area contributed by atoms with Crippen LogP contribution in [0.1, 0.15) is 25.7 Å². The quantitative estimate of drug-likeness (QED) is 0.656. The highest BCUT2D eigenvalue weighted by Crippen LogP contribution is 2.20. The van der Waals surface area contributed by atoms with Crippen LogP contribution in [-0.2, 0) is 14.4 Å². The molecular weight excluding hydrogens is 322 g/mol. The summed E-state index contributed by atoms with van der Waals surface area (Å²) in [5.41, 5.74) is 0. The Morgan fingerprint density at radius 1 is 1.30 bits per heavy atom. The third kappa shape index (κ3) is 4.44. The van der Waals surface area contributed by atoms with Crippen molar-refractivity contribution in [3.05, 3.63) is 0 Å². The molecule has 8 nitrogen and oxygen atoms in total. The number of likely N-dealkylation sites (tertiary alicyclic amines) is 1. The molecule has 0 aromatic rings. The van der Waals surface area contributed by atoms with E-state index in [1.54, 1.807) is 0 Å². The van der Waals surface area contributed by atoms with E-state index in [0.717, 1.165) is 35.9 Å². The van der Waals surface area contributed by atoms with Crippen molar-refractivity contribution in [1.82, 2.24) is 15.1 Å². The molecule has 128 valence electrons. The van der Waals surface area contributed by atoms with Gasteiger partial charge in [-0.15, -0.1) is 0 Å². The molecule has 0 aromatic heterocycles. The first-order valence-electron chi connectivity index (χ1n) is 7.71. The van der Waals surface area contributed by atoms with Crippen molar-refractivity contribution < 1.29 is 24.3 Å². The van der Waals surface area contributed by atoms with Crippen LogP contribution in [-0.4, -0.2) is 75.9 Å². The van der Waals surface area contributed by atoms with Crippen LogP contribution in [0, 0.1) is 0 Å². The van der Waals surface area contributed by atoms with Gasteiger partial charge in [-0.3, -0.25) is 24.1 Å². The molecule has 0 aromatic carbocycles. The van der Waals surface area contributed by atoms with Gasteiger partial charge in [0.05, 0.1) is 5.75 Å². The van der Waals surface area contributed by atoms with Crippen LogP contribution in [0.15, 0.2) is 0 Å². The number of thioether (sulfide) groups is 1. The minimum atomic E-state index is -0.735. The maximum Gasteiger partial charge on any atom is 0.312 e. The van der Waals surface area contributed by atoms with Crippen LogP contribution < -0.4 is 5.32 Å². The van der Waals surface area contributed by atoms with Crippen molar-refractivity contribution >= 4 is 34.7 Å². The minimum absolute atomic E-state index is 0.0209. The molecular formula is C14H21N3O5S. The predicted molar refractivity (Wildman–Crippen MR) is 83.6 cm³/mol. The van der Waals surface area contributed by atoms with Crippen molar-refractivity contribution in [2.45, 2.75) is 31.7 Å². The number of aliphatic hydroxyl groups is 1. The molecule has 0 aliphatic carbocycles. The molecule has 2 aliphatic rings. The van der Waals surface area contributed by atoms with E-state index in [1.165, 1.54) is 4.90 Å².